The van der Waals surface area contributed by atoms with E-state index in [-0.39, 0.29) is 0 Å². The quantitative estimate of drug-likeness (QED) is 0.491. The third-order valence-corrected chi connectivity index (χ3v) is 5.14. The van der Waals surface area contributed by atoms with Gasteiger partial charge in [0, 0.05) is 22.6 Å². The molecule has 0 atom stereocenters. The number of benzene rings is 2. The molecule has 1 amide bonds. The molecule has 4 rings (SSSR count). The molecular formula is C21H18N4O2S. The summed E-state index contributed by atoms with van der Waals surface area (Å²) in [7, 11) is 1.64. The van der Waals surface area contributed by atoms with Crippen LogP contribution in [0.25, 0.3) is 27.6 Å². The largest absolute Gasteiger partial charge is 0.497 e. The zero-order chi connectivity index (χ0) is 19.5. The number of carbonyl (C=O) groups is 1. The van der Waals surface area contributed by atoms with Gasteiger partial charge in [-0.1, -0.05) is 29.8 Å². The summed E-state index contributed by atoms with van der Waals surface area (Å²) in [5, 5.41) is 10.0. The molecule has 0 unspecified atom stereocenters. The van der Waals surface area contributed by atoms with E-state index in [1.165, 1.54) is 16.9 Å². The Kier molecular flexibility index (Phi) is 4.90. The fourth-order valence-electron chi connectivity index (χ4n) is 2.81. The summed E-state index contributed by atoms with van der Waals surface area (Å²) in [6.45, 7) is 2.04. The Labute approximate surface area is 166 Å². The Bertz CT molecular complexity index is 1100. The van der Waals surface area contributed by atoms with Gasteiger partial charge in [0.15, 0.2) is 0 Å². The fourth-order valence-corrected chi connectivity index (χ4v) is 3.61. The first-order chi connectivity index (χ1) is 13.7. The van der Waals surface area contributed by atoms with Crippen LogP contribution in [0.1, 0.15) is 5.56 Å². The second kappa shape index (κ2) is 7.66. The predicted octanol–water partition coefficient (Wildman–Crippen LogP) is 4.55. The van der Waals surface area contributed by atoms with Crippen LogP contribution in [-0.4, -0.2) is 28.3 Å². The maximum Gasteiger partial charge on any atom is 0.212 e. The molecule has 0 aliphatic heterocycles. The topological polar surface area (TPSA) is 69.0 Å². The van der Waals surface area contributed by atoms with Crippen LogP contribution in [0.3, 0.4) is 0 Å². The molecule has 0 saturated carbocycles. The third kappa shape index (κ3) is 3.52. The minimum Gasteiger partial charge on any atom is -0.497 e. The lowest BCUT2D eigenvalue weighted by atomic mass is 10.1. The van der Waals surface area contributed by atoms with Gasteiger partial charge in [-0.15, -0.1) is 11.3 Å². The first-order valence-electron chi connectivity index (χ1n) is 8.65. The Morgan fingerprint density at radius 3 is 2.39 bits per heavy atom. The lowest BCUT2D eigenvalue weighted by molar-refractivity contribution is -0.105. The van der Waals surface area contributed by atoms with Crippen LogP contribution in [-0.2, 0) is 4.79 Å². The molecule has 2 heterocycles. The molecule has 7 heteroatoms. The zero-order valence-corrected chi connectivity index (χ0v) is 16.2. The molecule has 1 N–H and O–H groups in total. The van der Waals surface area contributed by atoms with Crippen LogP contribution >= 0.6 is 11.3 Å². The average molecular weight is 390 g/mol. The van der Waals surface area contributed by atoms with E-state index < -0.39 is 0 Å². The van der Waals surface area contributed by atoms with Crippen LogP contribution in [0.4, 0.5) is 5.82 Å². The zero-order valence-electron chi connectivity index (χ0n) is 15.4. The summed E-state index contributed by atoms with van der Waals surface area (Å²) < 4.78 is 6.86. The first-order valence-corrected chi connectivity index (χ1v) is 9.53. The van der Waals surface area contributed by atoms with Crippen molar-refractivity contribution < 1.29 is 9.53 Å². The summed E-state index contributed by atoms with van der Waals surface area (Å²) in [5.74, 6) is 1.37. The van der Waals surface area contributed by atoms with Gasteiger partial charge in [-0.2, -0.15) is 9.78 Å². The summed E-state index contributed by atoms with van der Waals surface area (Å²) in [6, 6.07) is 17.7. The monoisotopic (exact) mass is 390 g/mol. The predicted molar refractivity (Wildman–Crippen MR) is 111 cm³/mol. The molecule has 2 aromatic heterocycles. The molecule has 2 aromatic carbocycles. The maximum absolute atomic E-state index is 11.1. The second-order valence-electron chi connectivity index (χ2n) is 6.20. The van der Waals surface area contributed by atoms with Crippen molar-refractivity contribution in [2.75, 3.05) is 12.4 Å². The van der Waals surface area contributed by atoms with Crippen molar-refractivity contribution in [3.8, 4) is 33.4 Å². The lowest BCUT2D eigenvalue weighted by Crippen LogP contribution is -2.04. The minimum atomic E-state index is 0.571. The minimum absolute atomic E-state index is 0.571. The number of carbonyl (C=O) groups excluding carboxylic acids is 1. The number of anilines is 1. The number of hydrogen-bond acceptors (Lipinski definition) is 5. The van der Waals surface area contributed by atoms with Crippen LogP contribution in [0.15, 0.2) is 60.0 Å². The van der Waals surface area contributed by atoms with E-state index in [9.17, 15) is 4.79 Å². The van der Waals surface area contributed by atoms with Crippen molar-refractivity contribution in [3.63, 3.8) is 0 Å². The summed E-state index contributed by atoms with van der Waals surface area (Å²) >= 11 is 1.46. The van der Waals surface area contributed by atoms with Crippen LogP contribution < -0.4 is 10.1 Å². The number of hydrogen-bond donors (Lipinski definition) is 1. The van der Waals surface area contributed by atoms with Crippen molar-refractivity contribution in [2.45, 2.75) is 6.92 Å². The summed E-state index contributed by atoms with van der Waals surface area (Å²) in [4.78, 5) is 15.7. The highest BCUT2D eigenvalue weighted by Gasteiger charge is 2.14. The van der Waals surface area contributed by atoms with Gasteiger partial charge in [0.25, 0.3) is 0 Å². The molecule has 140 valence electrons. The highest BCUT2D eigenvalue weighted by Crippen LogP contribution is 2.29. The molecule has 6 nitrogen and oxygen atoms in total. The molecule has 0 bridgehead atoms. The Morgan fingerprint density at radius 2 is 1.71 bits per heavy atom. The van der Waals surface area contributed by atoms with Gasteiger partial charge in [0.1, 0.15) is 11.6 Å². The Hall–Kier alpha value is -3.45. The normalized spacial score (nSPS) is 10.6. The number of thiazole rings is 1. The van der Waals surface area contributed by atoms with Crippen molar-refractivity contribution >= 4 is 23.6 Å². The van der Waals surface area contributed by atoms with Crippen molar-refractivity contribution in [3.05, 3.63) is 65.5 Å². The molecule has 0 aliphatic rings. The van der Waals surface area contributed by atoms with Gasteiger partial charge in [-0.3, -0.25) is 4.79 Å². The van der Waals surface area contributed by atoms with Gasteiger partial charge < -0.3 is 10.1 Å². The highest BCUT2D eigenvalue weighted by atomic mass is 32.1. The van der Waals surface area contributed by atoms with E-state index in [1.807, 2.05) is 66.9 Å². The number of methoxy groups -OCH3 is 1. The van der Waals surface area contributed by atoms with Gasteiger partial charge >= 0.3 is 0 Å². The molecule has 0 fully saturated rings. The number of nitrogens with zero attached hydrogens (tertiary/aromatic N) is 3. The van der Waals surface area contributed by atoms with Gasteiger partial charge in [-0.25, -0.2) is 4.98 Å². The first kappa shape index (κ1) is 17.9. The Balaban J connectivity index is 1.70. The number of ether oxygens (including phenoxy) is 1. The van der Waals surface area contributed by atoms with Crippen LogP contribution in [0.2, 0.25) is 0 Å². The summed E-state index contributed by atoms with van der Waals surface area (Å²) in [5.41, 5.74) is 4.75. The second-order valence-corrected chi connectivity index (χ2v) is 7.04. The molecule has 0 saturated heterocycles. The van der Waals surface area contributed by atoms with Crippen molar-refractivity contribution in [1.82, 2.24) is 14.8 Å². The maximum atomic E-state index is 11.1. The van der Waals surface area contributed by atoms with Gasteiger partial charge in [0.05, 0.1) is 18.5 Å². The number of nitrogens with one attached hydrogen (secondary N) is 1. The smallest absolute Gasteiger partial charge is 0.212 e. The molecule has 0 spiro atoms. The van der Waals surface area contributed by atoms with Gasteiger partial charge in [-0.05, 0) is 31.2 Å². The standard InChI is InChI=1S/C21H18N4O2S/c1-14-3-5-15(6-4-14)18-11-20(22-13-26)25(24-18)21-23-19(12-28-21)16-7-9-17(27-2)10-8-16/h3-13H,1-2H3,(H,22,26). The van der Waals surface area contributed by atoms with E-state index in [2.05, 4.69) is 10.4 Å². The molecule has 0 aliphatic carbocycles. The van der Waals surface area contributed by atoms with Crippen LogP contribution in [0, 0.1) is 6.92 Å². The number of rotatable bonds is 6. The number of aromatic nitrogens is 3. The number of aryl methyl sites for hydroxylation is 1. The van der Waals surface area contributed by atoms with E-state index in [0.717, 1.165) is 28.3 Å². The third-order valence-electron chi connectivity index (χ3n) is 4.32. The molecular weight excluding hydrogens is 372 g/mol. The van der Waals surface area contributed by atoms with E-state index in [0.29, 0.717) is 17.4 Å². The SMILES string of the molecule is COc1ccc(-c2csc(-n3nc(-c4ccc(C)cc4)cc3NC=O)n2)cc1. The highest BCUT2D eigenvalue weighted by molar-refractivity contribution is 7.12. The number of amides is 1. The molecule has 28 heavy (non-hydrogen) atoms. The Morgan fingerprint density at radius 1 is 1.04 bits per heavy atom. The van der Waals surface area contributed by atoms with Crippen molar-refractivity contribution in [1.29, 1.82) is 0 Å². The van der Waals surface area contributed by atoms with E-state index >= 15 is 0 Å². The fraction of sp³-hybridized carbons (Fsp3) is 0.0952. The van der Waals surface area contributed by atoms with E-state index in [4.69, 9.17) is 9.72 Å². The average Bonchev–Trinajstić information content (AvgIpc) is 3.36. The molecule has 4 aromatic rings. The lowest BCUT2D eigenvalue weighted by Gasteiger charge is -2.02. The van der Waals surface area contributed by atoms with Crippen LogP contribution in [0.5, 0.6) is 5.75 Å². The van der Waals surface area contributed by atoms with E-state index in [1.54, 1.807) is 11.8 Å². The molecule has 0 radical (unpaired) electrons. The van der Waals surface area contributed by atoms with Crippen molar-refractivity contribution in [2.24, 2.45) is 0 Å². The van der Waals surface area contributed by atoms with Gasteiger partial charge in [0.2, 0.25) is 11.5 Å². The summed E-state index contributed by atoms with van der Waals surface area (Å²) in [6.07, 6.45) is 0.643.